The number of amides is 1. The number of benzene rings is 3. The predicted molar refractivity (Wildman–Crippen MR) is 133 cm³/mol. The van der Waals surface area contributed by atoms with Crippen molar-refractivity contribution in [2.75, 3.05) is 0 Å². The highest BCUT2D eigenvalue weighted by molar-refractivity contribution is 14.1. The van der Waals surface area contributed by atoms with E-state index in [0.717, 1.165) is 23.7 Å². The molecule has 0 spiro atoms. The number of aromatic hydroxyl groups is 1. The minimum absolute atomic E-state index is 0.147. The molecule has 0 atom stereocenters. The SMILES string of the molecule is O=C(CCn1c2ccccc2c2ccccc21)N/N=C\c1cc(I)c(O)c(I)c1. The molecule has 7 heteroatoms. The number of aromatic nitrogens is 1. The summed E-state index contributed by atoms with van der Waals surface area (Å²) in [4.78, 5) is 12.3. The second-order valence-electron chi connectivity index (χ2n) is 6.56. The molecule has 0 aliphatic carbocycles. The highest BCUT2D eigenvalue weighted by Crippen LogP contribution is 2.29. The zero-order chi connectivity index (χ0) is 20.4. The number of halogens is 2. The maximum atomic E-state index is 12.3. The van der Waals surface area contributed by atoms with E-state index in [0.29, 0.717) is 13.0 Å². The zero-order valence-corrected chi connectivity index (χ0v) is 19.6. The van der Waals surface area contributed by atoms with Crippen molar-refractivity contribution in [3.05, 3.63) is 73.4 Å². The van der Waals surface area contributed by atoms with E-state index < -0.39 is 0 Å². The Balaban J connectivity index is 1.46. The van der Waals surface area contributed by atoms with Gasteiger partial charge in [0.1, 0.15) is 5.75 Å². The van der Waals surface area contributed by atoms with Crippen LogP contribution in [0.5, 0.6) is 5.75 Å². The Bertz CT molecular complexity index is 1170. The molecule has 0 fully saturated rings. The highest BCUT2D eigenvalue weighted by Gasteiger charge is 2.11. The molecule has 4 rings (SSSR count). The lowest BCUT2D eigenvalue weighted by Gasteiger charge is -2.07. The smallest absolute Gasteiger partial charge is 0.241 e. The summed E-state index contributed by atoms with van der Waals surface area (Å²) in [6.45, 7) is 0.574. The van der Waals surface area contributed by atoms with Crippen molar-refractivity contribution in [1.29, 1.82) is 0 Å². The molecule has 5 nitrogen and oxygen atoms in total. The fourth-order valence-corrected chi connectivity index (χ4v) is 5.17. The number of para-hydroxylation sites is 2. The number of carbonyl (C=O) groups is 1. The standard InChI is InChI=1S/C22H17I2N3O2/c23-17-11-14(12-18(24)22(17)29)13-25-26-21(28)9-10-27-19-7-3-1-5-15(19)16-6-2-4-8-20(16)27/h1-8,11-13,29H,9-10H2,(H,26,28)/b25-13-. The van der Waals surface area contributed by atoms with Gasteiger partial charge in [0.05, 0.1) is 13.4 Å². The van der Waals surface area contributed by atoms with E-state index in [1.165, 1.54) is 10.8 Å². The summed E-state index contributed by atoms with van der Waals surface area (Å²) in [5.74, 6) is 0.116. The predicted octanol–water partition coefficient (Wildman–Crippen LogP) is 5.25. The first-order chi connectivity index (χ1) is 14.0. The molecule has 3 aromatic carbocycles. The summed E-state index contributed by atoms with van der Waals surface area (Å²) < 4.78 is 3.67. The minimum Gasteiger partial charge on any atom is -0.506 e. The van der Waals surface area contributed by atoms with Gasteiger partial charge >= 0.3 is 0 Å². The Morgan fingerprint density at radius 3 is 2.14 bits per heavy atom. The molecular weight excluding hydrogens is 592 g/mol. The van der Waals surface area contributed by atoms with Gasteiger partial charge in [0, 0.05) is 34.8 Å². The van der Waals surface area contributed by atoms with Gasteiger partial charge in [0.2, 0.25) is 5.91 Å². The quantitative estimate of drug-likeness (QED) is 0.185. The van der Waals surface area contributed by atoms with Gasteiger partial charge in [0.15, 0.2) is 0 Å². The number of aryl methyl sites for hydroxylation is 1. The summed E-state index contributed by atoms with van der Waals surface area (Å²) in [5, 5.41) is 16.3. The number of carbonyl (C=O) groups excluding carboxylic acids is 1. The molecule has 0 aliphatic heterocycles. The Morgan fingerprint density at radius 2 is 1.55 bits per heavy atom. The van der Waals surface area contributed by atoms with Crippen LogP contribution in [0.25, 0.3) is 21.8 Å². The lowest BCUT2D eigenvalue weighted by Crippen LogP contribution is -2.19. The van der Waals surface area contributed by atoms with Gasteiger partial charge in [-0.05, 0) is 75.0 Å². The van der Waals surface area contributed by atoms with E-state index >= 15 is 0 Å². The molecule has 1 aromatic heterocycles. The van der Waals surface area contributed by atoms with Gasteiger partial charge in [-0.25, -0.2) is 5.43 Å². The van der Waals surface area contributed by atoms with Crippen LogP contribution in [-0.4, -0.2) is 21.8 Å². The van der Waals surface area contributed by atoms with Crippen molar-refractivity contribution in [2.45, 2.75) is 13.0 Å². The number of fused-ring (bicyclic) bond motifs is 3. The van der Waals surface area contributed by atoms with Crippen LogP contribution < -0.4 is 5.43 Å². The van der Waals surface area contributed by atoms with Gasteiger partial charge < -0.3 is 9.67 Å². The number of phenolic OH excluding ortho intramolecular Hbond substituents is 1. The first kappa shape index (κ1) is 20.1. The Hall–Kier alpha value is -2.14. The molecule has 0 saturated carbocycles. The molecule has 0 unspecified atom stereocenters. The summed E-state index contributed by atoms with van der Waals surface area (Å²) in [7, 11) is 0. The maximum Gasteiger partial charge on any atom is 0.241 e. The molecule has 1 heterocycles. The van der Waals surface area contributed by atoms with Crippen LogP contribution in [0.2, 0.25) is 0 Å². The first-order valence-electron chi connectivity index (χ1n) is 9.00. The Morgan fingerprint density at radius 1 is 1.00 bits per heavy atom. The lowest BCUT2D eigenvalue weighted by atomic mass is 10.2. The Kier molecular flexibility index (Phi) is 6.04. The van der Waals surface area contributed by atoms with E-state index in [1.54, 1.807) is 6.21 Å². The zero-order valence-electron chi connectivity index (χ0n) is 15.3. The number of nitrogens with one attached hydrogen (secondary N) is 1. The number of rotatable bonds is 5. The topological polar surface area (TPSA) is 66.6 Å². The van der Waals surface area contributed by atoms with E-state index in [1.807, 2.05) is 36.4 Å². The number of nitrogens with zero attached hydrogens (tertiary/aromatic N) is 2. The van der Waals surface area contributed by atoms with Crippen molar-refractivity contribution in [3.63, 3.8) is 0 Å². The maximum absolute atomic E-state index is 12.3. The van der Waals surface area contributed by atoms with Crippen LogP contribution in [0.4, 0.5) is 0 Å². The van der Waals surface area contributed by atoms with Crippen molar-refractivity contribution >= 4 is 79.1 Å². The van der Waals surface area contributed by atoms with Gasteiger partial charge in [-0.2, -0.15) is 5.10 Å². The molecule has 0 radical (unpaired) electrons. The third-order valence-corrected chi connectivity index (χ3v) is 6.33. The van der Waals surface area contributed by atoms with Crippen LogP contribution in [-0.2, 0) is 11.3 Å². The van der Waals surface area contributed by atoms with Crippen LogP contribution in [0.1, 0.15) is 12.0 Å². The number of hydrazone groups is 1. The third-order valence-electron chi connectivity index (χ3n) is 4.68. The fraction of sp³-hybridized carbons (Fsp3) is 0.0909. The van der Waals surface area contributed by atoms with E-state index in [4.69, 9.17) is 0 Å². The van der Waals surface area contributed by atoms with Crippen LogP contribution >= 0.6 is 45.2 Å². The number of hydrogen-bond acceptors (Lipinski definition) is 3. The summed E-state index contributed by atoms with van der Waals surface area (Å²) in [6.07, 6.45) is 1.91. The number of phenols is 1. The van der Waals surface area contributed by atoms with Crippen LogP contribution in [0, 0.1) is 7.14 Å². The van der Waals surface area contributed by atoms with Gasteiger partial charge in [-0.15, -0.1) is 0 Å². The summed E-state index contributed by atoms with van der Waals surface area (Å²) >= 11 is 4.13. The second kappa shape index (κ2) is 8.70. The average Bonchev–Trinajstić information content (AvgIpc) is 3.04. The minimum atomic E-state index is -0.147. The monoisotopic (exact) mass is 609 g/mol. The van der Waals surface area contributed by atoms with Gasteiger partial charge in [-0.3, -0.25) is 4.79 Å². The average molecular weight is 609 g/mol. The van der Waals surface area contributed by atoms with Gasteiger partial charge in [-0.1, -0.05) is 36.4 Å². The third kappa shape index (κ3) is 4.25. The van der Waals surface area contributed by atoms with Crippen molar-refractivity contribution in [3.8, 4) is 5.75 Å². The molecule has 29 heavy (non-hydrogen) atoms. The summed E-state index contributed by atoms with van der Waals surface area (Å²) in [6, 6.07) is 20.1. The number of hydrogen-bond donors (Lipinski definition) is 2. The highest BCUT2D eigenvalue weighted by atomic mass is 127. The summed E-state index contributed by atoms with van der Waals surface area (Å²) in [5.41, 5.74) is 5.66. The molecule has 2 N–H and O–H groups in total. The van der Waals surface area contributed by atoms with Crippen molar-refractivity contribution in [1.82, 2.24) is 9.99 Å². The molecule has 0 aliphatic rings. The van der Waals surface area contributed by atoms with Crippen molar-refractivity contribution in [2.24, 2.45) is 5.10 Å². The first-order valence-corrected chi connectivity index (χ1v) is 11.2. The lowest BCUT2D eigenvalue weighted by molar-refractivity contribution is -0.121. The molecule has 0 bridgehead atoms. The second-order valence-corrected chi connectivity index (χ2v) is 8.89. The van der Waals surface area contributed by atoms with Crippen LogP contribution in [0.15, 0.2) is 65.8 Å². The van der Waals surface area contributed by atoms with E-state index in [9.17, 15) is 9.90 Å². The van der Waals surface area contributed by atoms with E-state index in [-0.39, 0.29) is 11.7 Å². The molecule has 4 aromatic rings. The fourth-order valence-electron chi connectivity index (χ4n) is 3.35. The van der Waals surface area contributed by atoms with Gasteiger partial charge in [0.25, 0.3) is 0 Å². The molecule has 146 valence electrons. The van der Waals surface area contributed by atoms with Crippen molar-refractivity contribution < 1.29 is 9.90 Å². The Labute approximate surface area is 195 Å². The molecular formula is C22H17I2N3O2. The van der Waals surface area contributed by atoms with Crippen LogP contribution in [0.3, 0.4) is 0 Å². The normalized spacial score (nSPS) is 11.5. The molecule has 0 saturated heterocycles. The van der Waals surface area contributed by atoms with E-state index in [2.05, 4.69) is 84.5 Å². The molecule has 1 amide bonds. The largest absolute Gasteiger partial charge is 0.506 e.